The maximum Gasteiger partial charge on any atom is 0.247 e. The van der Waals surface area contributed by atoms with Crippen molar-refractivity contribution in [2.45, 2.75) is 56.8 Å². The fourth-order valence-electron chi connectivity index (χ4n) is 5.83. The zero-order valence-electron chi connectivity index (χ0n) is 24.5. The molecule has 0 bridgehead atoms. The molecule has 1 fully saturated rings. The van der Waals surface area contributed by atoms with Crippen molar-refractivity contribution in [1.29, 1.82) is 0 Å². The Kier molecular flexibility index (Phi) is 11.8. The van der Waals surface area contributed by atoms with E-state index in [2.05, 4.69) is 5.32 Å². The van der Waals surface area contributed by atoms with Crippen molar-refractivity contribution in [3.63, 3.8) is 0 Å². The summed E-state index contributed by atoms with van der Waals surface area (Å²) in [4.78, 5) is 40.4. The van der Waals surface area contributed by atoms with Crippen molar-refractivity contribution in [1.82, 2.24) is 10.2 Å². The number of aliphatic hydroxyl groups excluding tert-OH is 2. The van der Waals surface area contributed by atoms with E-state index in [1.807, 2.05) is 46.9 Å². The van der Waals surface area contributed by atoms with Crippen LogP contribution < -0.4 is 19.5 Å². The predicted molar refractivity (Wildman–Crippen MR) is 168 cm³/mol. The average molecular weight is 707 g/mol. The van der Waals surface area contributed by atoms with Gasteiger partial charge in [-0.3, -0.25) is 14.4 Å². The number of rotatable bonds is 13. The molecule has 10 nitrogen and oxygen atoms in total. The molecule has 2 aliphatic rings. The summed E-state index contributed by atoms with van der Waals surface area (Å²) in [5.41, 5.74) is 1.67. The Hall–Kier alpha value is -3.16. The molecule has 0 radical (unpaired) electrons. The van der Waals surface area contributed by atoms with Crippen LogP contribution in [0.2, 0.25) is 0 Å². The van der Waals surface area contributed by atoms with Gasteiger partial charge in [0.1, 0.15) is 24.2 Å². The first-order valence-electron chi connectivity index (χ1n) is 14.5. The van der Waals surface area contributed by atoms with E-state index in [9.17, 15) is 24.6 Å². The number of benzene rings is 2. The molecular weight excluding hydrogens is 667 g/mol. The first kappa shape index (κ1) is 32.7. The zero-order valence-corrected chi connectivity index (χ0v) is 26.6. The van der Waals surface area contributed by atoms with Crippen molar-refractivity contribution in [2.24, 2.45) is 5.92 Å². The van der Waals surface area contributed by atoms with Crippen LogP contribution in [-0.2, 0) is 16.0 Å². The topological polar surface area (TPSA) is 135 Å². The molecule has 3 atom stereocenters. The van der Waals surface area contributed by atoms with Gasteiger partial charge in [-0.15, -0.1) is 0 Å². The van der Waals surface area contributed by atoms with Gasteiger partial charge in [-0.25, -0.2) is 0 Å². The summed E-state index contributed by atoms with van der Waals surface area (Å²) in [6, 6.07) is 10.0. The van der Waals surface area contributed by atoms with E-state index < -0.39 is 24.2 Å². The minimum absolute atomic E-state index is 0.0466. The maximum absolute atomic E-state index is 14.0. The van der Waals surface area contributed by atoms with Crippen molar-refractivity contribution < 1.29 is 38.8 Å². The summed E-state index contributed by atoms with van der Waals surface area (Å²) < 4.78 is 17.9. The Morgan fingerprint density at radius 2 is 1.84 bits per heavy atom. The van der Waals surface area contributed by atoms with Crippen LogP contribution in [0.1, 0.15) is 48.0 Å². The van der Waals surface area contributed by atoms with Crippen LogP contribution in [0, 0.1) is 9.49 Å². The van der Waals surface area contributed by atoms with Gasteiger partial charge in [-0.2, -0.15) is 0 Å². The third-order valence-corrected chi connectivity index (χ3v) is 8.86. The number of carbonyl (C=O) groups is 3. The summed E-state index contributed by atoms with van der Waals surface area (Å²) in [6.07, 6.45) is 4.20. The molecule has 2 aromatic carbocycles. The summed E-state index contributed by atoms with van der Waals surface area (Å²) in [6.45, 7) is 0.144. The smallest absolute Gasteiger partial charge is 0.247 e. The van der Waals surface area contributed by atoms with E-state index in [1.165, 1.54) is 7.11 Å². The molecule has 43 heavy (non-hydrogen) atoms. The van der Waals surface area contributed by atoms with Gasteiger partial charge >= 0.3 is 0 Å². The Morgan fingerprint density at radius 3 is 2.51 bits per heavy atom. The summed E-state index contributed by atoms with van der Waals surface area (Å²) in [5.74, 6) is 0.722. The molecule has 0 unspecified atom stereocenters. The zero-order chi connectivity index (χ0) is 30.9. The Bertz CT molecular complexity index is 1330. The highest BCUT2D eigenvalue weighted by molar-refractivity contribution is 14.1. The summed E-state index contributed by atoms with van der Waals surface area (Å²) >= 11 is 2.03. The lowest BCUT2D eigenvalue weighted by Gasteiger charge is -2.41. The molecule has 0 aliphatic heterocycles. The number of nitrogens with zero attached hydrogens (tertiary/aromatic N) is 1. The molecule has 0 heterocycles. The lowest BCUT2D eigenvalue weighted by molar-refractivity contribution is -0.142. The molecule has 2 aliphatic carbocycles. The fourth-order valence-corrected chi connectivity index (χ4v) is 6.59. The largest absolute Gasteiger partial charge is 0.496 e. The SMILES string of the molecule is COc1ccccc1CCN(C(=O)C1CCCC1)[C@@H]1CC(C(=O)NCCO)=C[C@H](Oc2c(I)cc(C=O)cc2OC)[C@H]1O. The van der Waals surface area contributed by atoms with Crippen LogP contribution in [0.25, 0.3) is 0 Å². The molecule has 2 aromatic rings. The lowest BCUT2D eigenvalue weighted by atomic mass is 9.87. The number of aliphatic hydroxyl groups is 2. The highest BCUT2D eigenvalue weighted by atomic mass is 127. The number of methoxy groups -OCH3 is 2. The van der Waals surface area contributed by atoms with E-state index >= 15 is 0 Å². The quantitative estimate of drug-likeness (QED) is 0.214. The van der Waals surface area contributed by atoms with E-state index in [-0.39, 0.29) is 31.4 Å². The Morgan fingerprint density at radius 1 is 1.12 bits per heavy atom. The second kappa shape index (κ2) is 15.5. The predicted octanol–water partition coefficient (Wildman–Crippen LogP) is 3.30. The van der Waals surface area contributed by atoms with Crippen molar-refractivity contribution in [2.75, 3.05) is 33.9 Å². The molecule has 11 heteroatoms. The third-order valence-electron chi connectivity index (χ3n) is 8.06. The number of hydrogen-bond donors (Lipinski definition) is 3. The molecule has 0 spiro atoms. The van der Waals surface area contributed by atoms with E-state index in [0.717, 1.165) is 31.2 Å². The normalized spacial score (nSPS) is 20.2. The second-order valence-electron chi connectivity index (χ2n) is 10.7. The van der Waals surface area contributed by atoms with Crippen LogP contribution in [0.3, 0.4) is 0 Å². The fraction of sp³-hybridized carbons (Fsp3) is 0.469. The van der Waals surface area contributed by atoms with Gasteiger partial charge in [0.2, 0.25) is 11.8 Å². The number of halogens is 1. The van der Waals surface area contributed by atoms with E-state index in [1.54, 1.807) is 30.2 Å². The van der Waals surface area contributed by atoms with Gasteiger partial charge in [-0.05, 0) is 71.7 Å². The van der Waals surface area contributed by atoms with E-state index in [0.29, 0.717) is 51.2 Å². The highest BCUT2D eigenvalue weighted by Gasteiger charge is 2.42. The molecule has 1 saturated carbocycles. The summed E-state index contributed by atoms with van der Waals surface area (Å²) in [5, 5.41) is 23.8. The number of ether oxygens (including phenoxy) is 3. The first-order chi connectivity index (χ1) is 20.8. The maximum atomic E-state index is 14.0. The number of hydrogen-bond acceptors (Lipinski definition) is 8. The Balaban J connectivity index is 1.71. The number of aldehydes is 1. The first-order valence-corrected chi connectivity index (χ1v) is 15.6. The monoisotopic (exact) mass is 706 g/mol. The van der Waals surface area contributed by atoms with E-state index in [4.69, 9.17) is 14.2 Å². The minimum atomic E-state index is -1.18. The van der Waals surface area contributed by atoms with Crippen LogP contribution in [0.15, 0.2) is 48.0 Å². The van der Waals surface area contributed by atoms with Crippen molar-refractivity contribution in [3.8, 4) is 17.2 Å². The van der Waals surface area contributed by atoms with Gasteiger partial charge in [0.15, 0.2) is 11.5 Å². The summed E-state index contributed by atoms with van der Waals surface area (Å²) in [7, 11) is 3.06. The Labute approximate surface area is 265 Å². The van der Waals surface area contributed by atoms with Gasteiger partial charge < -0.3 is 34.6 Å². The molecule has 0 saturated heterocycles. The molecule has 232 valence electrons. The number of amides is 2. The van der Waals surface area contributed by atoms with Gasteiger partial charge in [-0.1, -0.05) is 31.0 Å². The van der Waals surface area contributed by atoms with Crippen molar-refractivity contribution >= 4 is 40.7 Å². The molecule has 2 amide bonds. The van der Waals surface area contributed by atoms with Gasteiger partial charge in [0.25, 0.3) is 0 Å². The number of para-hydroxylation sites is 1. The number of carbonyl (C=O) groups excluding carboxylic acids is 3. The molecule has 0 aromatic heterocycles. The second-order valence-corrected chi connectivity index (χ2v) is 11.9. The third kappa shape index (κ3) is 7.87. The van der Waals surface area contributed by atoms with Crippen LogP contribution in [0.5, 0.6) is 17.2 Å². The van der Waals surface area contributed by atoms with Gasteiger partial charge in [0, 0.05) is 36.6 Å². The van der Waals surface area contributed by atoms with Crippen LogP contribution in [-0.4, -0.2) is 85.4 Å². The van der Waals surface area contributed by atoms with Crippen molar-refractivity contribution in [3.05, 3.63) is 62.7 Å². The molecular formula is C32H39IN2O8. The molecule has 4 rings (SSSR count). The highest BCUT2D eigenvalue weighted by Crippen LogP contribution is 2.38. The van der Waals surface area contributed by atoms with Crippen LogP contribution >= 0.6 is 22.6 Å². The average Bonchev–Trinajstić information content (AvgIpc) is 3.57. The lowest BCUT2D eigenvalue weighted by Crippen LogP contribution is -2.56. The van der Waals surface area contributed by atoms with Crippen LogP contribution in [0.4, 0.5) is 0 Å². The molecule has 3 N–H and O–H groups in total. The minimum Gasteiger partial charge on any atom is -0.496 e. The number of nitrogens with one attached hydrogen (secondary N) is 1. The van der Waals surface area contributed by atoms with Gasteiger partial charge in [0.05, 0.1) is 30.4 Å². The standard InChI is InChI=1S/C32H39IN2O8/c1-41-26-10-6-5-7-21(26)11-13-35(32(40)22-8-3-4-9-22)25-17-23(31(39)34-12-14-36)18-27(29(25)38)43-30-24(33)15-20(19-37)16-28(30)42-2/h5-7,10,15-16,18-19,22,25,27,29,36,38H,3-4,8-9,11-14,17H2,1-2H3,(H,34,39)/t25-,27+,29+/m1/s1.